The van der Waals surface area contributed by atoms with E-state index < -0.39 is 0 Å². The Balaban J connectivity index is 0.820. The lowest BCUT2D eigenvalue weighted by Gasteiger charge is -2.30. The summed E-state index contributed by atoms with van der Waals surface area (Å²) in [7, 11) is 0. The lowest BCUT2D eigenvalue weighted by Crippen LogP contribution is -2.29. The first-order chi connectivity index (χ1) is 60.5. The minimum absolute atomic E-state index is 0.107. The van der Waals surface area contributed by atoms with Crippen molar-refractivity contribution in [2.75, 3.05) is 0 Å². The molecule has 126 heavy (non-hydrogen) atoms. The lowest BCUT2D eigenvalue weighted by atomic mass is 9.73. The summed E-state index contributed by atoms with van der Waals surface area (Å²) >= 11 is 0. The summed E-state index contributed by atoms with van der Waals surface area (Å²) in [5.41, 5.74) is 29.4. The molecule has 15 aromatic carbocycles. The van der Waals surface area contributed by atoms with E-state index in [2.05, 4.69) is 412 Å². The van der Waals surface area contributed by atoms with Crippen LogP contribution in [0.5, 0.6) is 0 Å². The standard InChI is InChI=1S/C126H116/c1-22-84-59-87-51-52-97-95(46-28-40-72(4)34-25-37-75(7)49-54-105-78(10)43-31-57-125(105,18)19)101-69-94-70-103-96(47-29-41-73(5)35-26-38-76(8)50-55-106-79(11)44-32-58-126(106,20)21)102-68-93-67-100-86(45-27-39-71(3)33-24-36-74(6)48-53-104-77(9)42-30-56-124(104,16)17)61-88-60-85(23-2)81(13)108-82(14)98-65-92-64-90-62-89-63-91-66-99-83(15)107(80(84)12)109(87)117(97)119(99)123(101)113(91)111(94)112(89)121(103)116(90)122(102)114(92)115(93)118(98)120(100)110(88)108/h22-55,59,62-70H,2,56-58,60-61H2,1,3-21H3/b33-24+,34-25+,35-26+,45-27+,46-28+,47-29+,53-48+,54-49+,55-50+,71-39+,72-40+,73-41+,74-36+,75-37+,76-38+,84-22-. The van der Waals surface area contributed by atoms with E-state index in [-0.39, 0.29) is 16.2 Å². The van der Waals surface area contributed by atoms with E-state index in [4.69, 9.17) is 0 Å². The molecule has 620 valence electrons. The Morgan fingerprint density at radius 2 is 0.683 bits per heavy atom. The monoisotopic (exact) mass is 1630 g/mol. The fourth-order valence-electron chi connectivity index (χ4n) is 23.5. The van der Waals surface area contributed by atoms with Gasteiger partial charge in [-0.2, -0.15) is 0 Å². The van der Waals surface area contributed by atoms with Crippen LogP contribution in [0.1, 0.15) is 183 Å². The van der Waals surface area contributed by atoms with Gasteiger partial charge in [0.25, 0.3) is 0 Å². The highest BCUT2D eigenvalue weighted by molar-refractivity contribution is 6.51. The number of rotatable bonds is 19. The van der Waals surface area contributed by atoms with Gasteiger partial charge in [-0.3, -0.25) is 0 Å². The Hall–Kier alpha value is -12.7. The maximum absolute atomic E-state index is 4.48. The van der Waals surface area contributed by atoms with Crippen LogP contribution in [0.3, 0.4) is 0 Å². The molecule has 20 rings (SSSR count). The van der Waals surface area contributed by atoms with Crippen LogP contribution in [0.25, 0.3) is 186 Å². The second-order valence-corrected chi connectivity index (χ2v) is 39.9. The van der Waals surface area contributed by atoms with Crippen LogP contribution in [0, 0.1) is 37.0 Å². The molecule has 0 amide bonds. The van der Waals surface area contributed by atoms with Crippen molar-refractivity contribution in [1.82, 2.24) is 0 Å². The van der Waals surface area contributed by atoms with E-state index >= 15 is 0 Å². The largest absolute Gasteiger partial charge is 0.0988 e. The van der Waals surface area contributed by atoms with Crippen molar-refractivity contribution in [1.29, 1.82) is 0 Å². The van der Waals surface area contributed by atoms with E-state index in [0.29, 0.717) is 0 Å². The molecule has 0 nitrogen and oxygen atoms in total. The van der Waals surface area contributed by atoms with Gasteiger partial charge in [0.15, 0.2) is 0 Å². The van der Waals surface area contributed by atoms with Crippen molar-refractivity contribution in [2.45, 2.75) is 171 Å². The van der Waals surface area contributed by atoms with Crippen molar-refractivity contribution in [3.63, 3.8) is 0 Å². The Kier molecular flexibility index (Phi) is 19.8. The molecule has 5 aliphatic carbocycles. The second-order valence-electron chi connectivity index (χ2n) is 39.9. The summed E-state index contributed by atoms with van der Waals surface area (Å²) in [6.07, 6.45) is 78.4. The zero-order chi connectivity index (χ0) is 87.7. The van der Waals surface area contributed by atoms with E-state index in [9.17, 15) is 0 Å². The Labute approximate surface area is 744 Å². The molecular weight excluding hydrogens is 1510 g/mol. The SMILES string of the molecule is C=CC1=C(C)c2c(C)c3cc4cc5cc6cc7cc8c(C)c9c(C)/c(=C\C)cc%10ccc%11c(/C=C/C=C(C)/C=C/C=C(C)/C=C/C%12=C(C)C=CCC%12(C)C)c%12cc%13cc%14c(/C=C/C=C(C)/C=C/C=C(C)/C=C/C%15=C(C)C=CCC%15(C)C)c%15cc%16cc%17c(c2=C(C1)CC=%17/C=C/C=C(C)/C=C/C=C(C)/C=C/C1=C(C)C=CCC1(C)C)c3c%16c4c%15c5c%14c6c%13c7c%12c8c%11c%109. The van der Waals surface area contributed by atoms with Gasteiger partial charge in [0.05, 0.1) is 0 Å². The molecule has 0 N–H and O–H groups in total. The van der Waals surface area contributed by atoms with E-state index in [1.54, 1.807) is 0 Å². The molecule has 0 radical (unpaired) electrons. The summed E-state index contributed by atoms with van der Waals surface area (Å²) in [5.74, 6) is 0. The van der Waals surface area contributed by atoms with Gasteiger partial charge in [0.1, 0.15) is 0 Å². The quantitative estimate of drug-likeness (QED) is 0.0430. The molecule has 0 fully saturated rings. The normalized spacial score (nSPS) is 18.5. The molecule has 0 aromatic heterocycles. The van der Waals surface area contributed by atoms with Crippen molar-refractivity contribution in [2.24, 2.45) is 16.2 Å². The minimum Gasteiger partial charge on any atom is -0.0988 e. The van der Waals surface area contributed by atoms with Crippen LogP contribution in [0.2, 0.25) is 0 Å². The van der Waals surface area contributed by atoms with E-state index in [1.165, 1.54) is 289 Å². The molecular formula is C126H116. The predicted octanol–water partition coefficient (Wildman–Crippen LogP) is 34.5. The maximum atomic E-state index is 4.48. The zero-order valence-electron chi connectivity index (χ0n) is 77.6. The molecule has 0 saturated carbocycles. The number of hydrogen-bond donors (Lipinski definition) is 0. The summed E-state index contributed by atoms with van der Waals surface area (Å²) in [5, 5.41) is 41.6. The van der Waals surface area contributed by atoms with Crippen LogP contribution in [0.4, 0.5) is 0 Å². The van der Waals surface area contributed by atoms with Crippen LogP contribution in [-0.2, 0) is 0 Å². The molecule has 0 saturated heterocycles. The molecule has 0 spiro atoms. The average molecular weight is 1630 g/mol. The number of aryl methyl sites for hydroxylation is 3. The predicted molar refractivity (Wildman–Crippen MR) is 562 cm³/mol. The first-order valence-corrected chi connectivity index (χ1v) is 46.0. The van der Waals surface area contributed by atoms with Gasteiger partial charge in [-0.25, -0.2) is 0 Å². The highest BCUT2D eigenvalue weighted by Crippen LogP contribution is 2.58. The van der Waals surface area contributed by atoms with Gasteiger partial charge in [-0.15, -0.1) is 0 Å². The topological polar surface area (TPSA) is 0 Å². The third-order valence-corrected chi connectivity index (χ3v) is 29.9. The fraction of sp³-hybridized carbons (Fsp3) is 0.222. The maximum Gasteiger partial charge on any atom is -0.000730 e. The van der Waals surface area contributed by atoms with E-state index in [1.807, 2.05) is 0 Å². The summed E-state index contributed by atoms with van der Waals surface area (Å²) in [6, 6.07) is 30.8. The highest BCUT2D eigenvalue weighted by atomic mass is 14.4. The van der Waals surface area contributed by atoms with Crippen LogP contribution >= 0.6 is 0 Å². The van der Waals surface area contributed by atoms with Gasteiger partial charge in [0.2, 0.25) is 0 Å². The Morgan fingerprint density at radius 3 is 1.15 bits per heavy atom. The molecule has 0 aliphatic heterocycles. The van der Waals surface area contributed by atoms with Crippen LogP contribution in [0.15, 0.2) is 328 Å². The molecule has 0 atom stereocenters. The van der Waals surface area contributed by atoms with Crippen LogP contribution in [-0.4, -0.2) is 0 Å². The highest BCUT2D eigenvalue weighted by Gasteiger charge is 2.34. The Bertz CT molecular complexity index is 8310. The van der Waals surface area contributed by atoms with Crippen LogP contribution < -0.4 is 15.7 Å². The fourth-order valence-corrected chi connectivity index (χ4v) is 23.5. The first-order valence-electron chi connectivity index (χ1n) is 46.0. The number of benzene rings is 15. The number of allylic oxidation sites excluding steroid dienone is 43. The van der Waals surface area contributed by atoms with Gasteiger partial charge in [-0.1, -0.05) is 294 Å². The van der Waals surface area contributed by atoms with Gasteiger partial charge in [-0.05, 0) is 456 Å². The average Bonchev–Trinajstić information content (AvgIpc) is 0.657. The Morgan fingerprint density at radius 1 is 0.325 bits per heavy atom. The van der Waals surface area contributed by atoms with Crippen molar-refractivity contribution < 1.29 is 0 Å². The molecule has 0 bridgehead atoms. The third kappa shape index (κ3) is 13.0. The summed E-state index contributed by atoms with van der Waals surface area (Å²) in [6.45, 7) is 50.4. The third-order valence-electron chi connectivity index (χ3n) is 29.9. The van der Waals surface area contributed by atoms with Gasteiger partial charge < -0.3 is 0 Å². The molecule has 5 aliphatic rings. The first kappa shape index (κ1) is 81.6. The lowest BCUT2D eigenvalue weighted by molar-refractivity contribution is 0.455. The van der Waals surface area contributed by atoms with Crippen molar-refractivity contribution in [3.05, 3.63) is 377 Å². The van der Waals surface area contributed by atoms with Gasteiger partial charge in [0, 0.05) is 0 Å². The molecule has 0 heterocycles. The molecule has 0 heteroatoms. The minimum atomic E-state index is 0.107. The van der Waals surface area contributed by atoms with E-state index in [0.717, 1.165) is 32.1 Å². The molecule has 0 unspecified atom stereocenters. The van der Waals surface area contributed by atoms with Crippen molar-refractivity contribution >= 4 is 186 Å². The summed E-state index contributed by atoms with van der Waals surface area (Å²) in [4.78, 5) is 0. The van der Waals surface area contributed by atoms with Gasteiger partial charge >= 0.3 is 0 Å². The second kappa shape index (κ2) is 30.6. The van der Waals surface area contributed by atoms with Crippen molar-refractivity contribution in [3.8, 4) is 0 Å². The molecule has 15 aromatic rings. The zero-order valence-corrected chi connectivity index (χ0v) is 77.6. The smallest absolute Gasteiger partial charge is 0.000730 e. The number of hydrogen-bond acceptors (Lipinski definition) is 0. The summed E-state index contributed by atoms with van der Waals surface area (Å²) < 4.78 is 0.